The molecule has 0 unspecified atom stereocenters. The molecule has 0 bridgehead atoms. The van der Waals surface area contributed by atoms with Crippen LogP contribution in [0.3, 0.4) is 0 Å². The molecule has 0 aromatic rings. The number of hydrogen-bond donors (Lipinski definition) is 2. The number of carboxylic acids is 1. The van der Waals surface area contributed by atoms with Crippen molar-refractivity contribution >= 4 is 11.8 Å². The SMILES string of the molecule is CC(=O)CCCCCC[C@H](N)C(=O)O. The van der Waals surface area contributed by atoms with Crippen molar-refractivity contribution in [3.63, 3.8) is 0 Å². The predicted molar refractivity (Wildman–Crippen MR) is 54.0 cm³/mol. The quantitative estimate of drug-likeness (QED) is 0.580. The van der Waals surface area contributed by atoms with Gasteiger partial charge in [0.1, 0.15) is 11.8 Å². The fourth-order valence-electron chi connectivity index (χ4n) is 1.22. The largest absolute Gasteiger partial charge is 0.480 e. The van der Waals surface area contributed by atoms with Crippen LogP contribution in [0.15, 0.2) is 0 Å². The van der Waals surface area contributed by atoms with E-state index in [2.05, 4.69) is 0 Å². The first-order valence-electron chi connectivity index (χ1n) is 5.02. The molecule has 1 atom stereocenters. The van der Waals surface area contributed by atoms with Gasteiger partial charge in [-0.3, -0.25) is 4.79 Å². The van der Waals surface area contributed by atoms with Crippen LogP contribution in [0.4, 0.5) is 0 Å². The number of carbonyl (C=O) groups is 2. The number of rotatable bonds is 8. The van der Waals surface area contributed by atoms with E-state index in [-0.39, 0.29) is 5.78 Å². The van der Waals surface area contributed by atoms with Crippen LogP contribution in [0, 0.1) is 0 Å². The van der Waals surface area contributed by atoms with Crippen molar-refractivity contribution in [3.05, 3.63) is 0 Å². The third kappa shape index (κ3) is 7.73. The highest BCUT2D eigenvalue weighted by Gasteiger charge is 2.09. The first-order chi connectivity index (χ1) is 6.54. The lowest BCUT2D eigenvalue weighted by atomic mass is 10.1. The van der Waals surface area contributed by atoms with Crippen LogP contribution in [0.25, 0.3) is 0 Å². The molecule has 0 aliphatic carbocycles. The summed E-state index contributed by atoms with van der Waals surface area (Å²) in [6.07, 6.45) is 4.81. The van der Waals surface area contributed by atoms with E-state index in [1.54, 1.807) is 6.92 Å². The number of ketones is 1. The molecule has 0 rings (SSSR count). The lowest BCUT2D eigenvalue weighted by Crippen LogP contribution is -2.29. The summed E-state index contributed by atoms with van der Waals surface area (Å²) >= 11 is 0. The highest BCUT2D eigenvalue weighted by atomic mass is 16.4. The number of carboxylic acid groups (broad SMARTS) is 1. The van der Waals surface area contributed by atoms with Crippen LogP contribution in [0.1, 0.15) is 45.4 Å². The molecule has 0 fully saturated rings. The highest BCUT2D eigenvalue weighted by Crippen LogP contribution is 2.06. The Labute approximate surface area is 84.5 Å². The summed E-state index contributed by atoms with van der Waals surface area (Å²) < 4.78 is 0. The summed E-state index contributed by atoms with van der Waals surface area (Å²) in [5, 5.41) is 8.49. The van der Waals surface area contributed by atoms with Crippen molar-refractivity contribution < 1.29 is 14.7 Å². The molecular weight excluding hydrogens is 182 g/mol. The highest BCUT2D eigenvalue weighted by molar-refractivity contribution is 5.75. The molecule has 4 heteroatoms. The number of hydrogen-bond acceptors (Lipinski definition) is 3. The van der Waals surface area contributed by atoms with E-state index >= 15 is 0 Å². The van der Waals surface area contributed by atoms with Crippen LogP contribution in [-0.4, -0.2) is 22.9 Å². The van der Waals surface area contributed by atoms with Gasteiger partial charge in [-0.2, -0.15) is 0 Å². The molecule has 4 nitrogen and oxygen atoms in total. The maximum atomic E-state index is 10.6. The Morgan fingerprint density at radius 1 is 1.21 bits per heavy atom. The van der Waals surface area contributed by atoms with Gasteiger partial charge >= 0.3 is 5.97 Å². The van der Waals surface area contributed by atoms with E-state index in [4.69, 9.17) is 10.8 Å². The minimum atomic E-state index is -0.936. The van der Waals surface area contributed by atoms with Crippen molar-refractivity contribution in [2.24, 2.45) is 5.73 Å². The first-order valence-corrected chi connectivity index (χ1v) is 5.02. The second-order valence-electron chi connectivity index (χ2n) is 3.60. The summed E-state index contributed by atoms with van der Waals surface area (Å²) in [5.74, 6) is -0.721. The summed E-state index contributed by atoms with van der Waals surface area (Å²) in [6, 6.07) is -0.734. The number of Topliss-reactive ketones (excluding diaryl/α,β-unsaturated/α-hetero) is 1. The Hall–Kier alpha value is -0.900. The number of unbranched alkanes of at least 4 members (excludes halogenated alkanes) is 3. The minimum absolute atomic E-state index is 0.215. The third-order valence-electron chi connectivity index (χ3n) is 2.11. The zero-order chi connectivity index (χ0) is 11.0. The Bertz CT molecular complexity index is 192. The lowest BCUT2D eigenvalue weighted by molar-refractivity contribution is -0.138. The maximum absolute atomic E-state index is 10.6. The number of aliphatic carboxylic acids is 1. The van der Waals surface area contributed by atoms with E-state index in [0.29, 0.717) is 12.8 Å². The topological polar surface area (TPSA) is 80.4 Å². The molecular formula is C10H19NO3. The average Bonchev–Trinajstić information content (AvgIpc) is 2.09. The van der Waals surface area contributed by atoms with Crippen molar-refractivity contribution in [3.8, 4) is 0 Å². The van der Waals surface area contributed by atoms with Gasteiger partial charge in [0.25, 0.3) is 0 Å². The van der Waals surface area contributed by atoms with Crippen LogP contribution >= 0.6 is 0 Å². The molecule has 0 saturated carbocycles. The van der Waals surface area contributed by atoms with E-state index < -0.39 is 12.0 Å². The van der Waals surface area contributed by atoms with E-state index in [0.717, 1.165) is 25.7 Å². The molecule has 14 heavy (non-hydrogen) atoms. The second kappa shape index (κ2) is 7.50. The van der Waals surface area contributed by atoms with Crippen LogP contribution in [0.2, 0.25) is 0 Å². The van der Waals surface area contributed by atoms with Gasteiger partial charge in [0.2, 0.25) is 0 Å². The van der Waals surface area contributed by atoms with E-state index in [9.17, 15) is 9.59 Å². The molecule has 0 heterocycles. The molecule has 82 valence electrons. The average molecular weight is 201 g/mol. The molecule has 3 N–H and O–H groups in total. The van der Waals surface area contributed by atoms with Crippen LogP contribution in [-0.2, 0) is 9.59 Å². The Morgan fingerprint density at radius 2 is 1.79 bits per heavy atom. The summed E-state index contributed by atoms with van der Waals surface area (Å²) in [5.41, 5.74) is 5.33. The second-order valence-corrected chi connectivity index (χ2v) is 3.60. The molecule has 0 aliphatic heterocycles. The maximum Gasteiger partial charge on any atom is 0.320 e. The first kappa shape index (κ1) is 13.1. The van der Waals surface area contributed by atoms with Gasteiger partial charge in [-0.25, -0.2) is 0 Å². The summed E-state index contributed by atoms with van der Waals surface area (Å²) in [6.45, 7) is 1.58. The minimum Gasteiger partial charge on any atom is -0.480 e. The molecule has 0 radical (unpaired) electrons. The number of carbonyl (C=O) groups excluding carboxylic acids is 1. The fourth-order valence-corrected chi connectivity index (χ4v) is 1.22. The fraction of sp³-hybridized carbons (Fsp3) is 0.800. The Morgan fingerprint density at radius 3 is 2.29 bits per heavy atom. The zero-order valence-corrected chi connectivity index (χ0v) is 8.66. The normalized spacial score (nSPS) is 12.4. The molecule has 0 amide bonds. The van der Waals surface area contributed by atoms with Crippen molar-refractivity contribution in [2.45, 2.75) is 51.5 Å². The molecule has 0 aliphatic rings. The van der Waals surface area contributed by atoms with Gasteiger partial charge < -0.3 is 15.6 Å². The third-order valence-corrected chi connectivity index (χ3v) is 2.11. The van der Waals surface area contributed by atoms with Crippen molar-refractivity contribution in [1.82, 2.24) is 0 Å². The van der Waals surface area contributed by atoms with Gasteiger partial charge in [0.15, 0.2) is 0 Å². The molecule has 0 saturated heterocycles. The number of nitrogens with two attached hydrogens (primary N) is 1. The predicted octanol–water partition coefficient (Wildman–Crippen LogP) is 1.33. The van der Waals surface area contributed by atoms with Crippen molar-refractivity contribution in [1.29, 1.82) is 0 Å². The van der Waals surface area contributed by atoms with E-state index in [1.165, 1.54) is 0 Å². The Kier molecular flexibility index (Phi) is 7.02. The zero-order valence-electron chi connectivity index (χ0n) is 8.66. The van der Waals surface area contributed by atoms with Gasteiger partial charge in [0, 0.05) is 6.42 Å². The van der Waals surface area contributed by atoms with Gasteiger partial charge in [0.05, 0.1) is 0 Å². The lowest BCUT2D eigenvalue weighted by Gasteiger charge is -2.05. The van der Waals surface area contributed by atoms with Crippen molar-refractivity contribution in [2.75, 3.05) is 0 Å². The molecule has 0 spiro atoms. The monoisotopic (exact) mass is 201 g/mol. The van der Waals surface area contributed by atoms with E-state index in [1.807, 2.05) is 0 Å². The standard InChI is InChI=1S/C10H19NO3/c1-8(12)6-4-2-3-5-7-9(11)10(13)14/h9H,2-7,11H2,1H3,(H,13,14)/t9-/m0/s1. The van der Waals surface area contributed by atoms with Gasteiger partial charge in [-0.1, -0.05) is 19.3 Å². The summed E-state index contributed by atoms with van der Waals surface area (Å²) in [7, 11) is 0. The van der Waals surface area contributed by atoms with Crippen LogP contribution in [0.5, 0.6) is 0 Å². The molecule has 0 aromatic heterocycles. The van der Waals surface area contributed by atoms with Crippen LogP contribution < -0.4 is 5.73 Å². The smallest absolute Gasteiger partial charge is 0.320 e. The van der Waals surface area contributed by atoms with Gasteiger partial charge in [-0.15, -0.1) is 0 Å². The Balaban J connectivity index is 3.21. The van der Waals surface area contributed by atoms with Gasteiger partial charge in [-0.05, 0) is 19.8 Å². The summed E-state index contributed by atoms with van der Waals surface area (Å²) in [4.78, 5) is 20.9. The molecule has 0 aromatic carbocycles.